The maximum Gasteiger partial charge on any atom is 0.407 e. The molecule has 2 amide bonds. The van der Waals surface area contributed by atoms with Crippen molar-refractivity contribution in [2.45, 2.75) is 90.8 Å². The molecule has 0 bridgehead atoms. The van der Waals surface area contributed by atoms with Gasteiger partial charge < -0.3 is 20.3 Å². The zero-order chi connectivity index (χ0) is 23.8. The van der Waals surface area contributed by atoms with Gasteiger partial charge in [0.25, 0.3) is 5.91 Å². The second kappa shape index (κ2) is 11.9. The zero-order valence-corrected chi connectivity index (χ0v) is 21.0. The standard InChI is InChI=1S/C27H43N3O3/c1-5-20-9-8-16-30(18-20)19-23-10-6-7-11-24(23)29-25(31)22-14-12-21(13-15-22)17-28-26(32)33-27(2,3)4/h12-15,20,23-24H,5-11,16-19H2,1-4H3,(H,28,32)(H,29,31)/t20-,23-,24+/m1/s1. The average Bonchev–Trinajstić information content (AvgIpc) is 2.78. The molecule has 0 aromatic heterocycles. The SMILES string of the molecule is CC[C@@H]1CCCN(C[C@H]2CCCC[C@@H]2NC(=O)c2ccc(CNC(=O)OC(C)(C)C)cc2)C1. The van der Waals surface area contributed by atoms with E-state index >= 15 is 0 Å². The molecule has 0 radical (unpaired) electrons. The summed E-state index contributed by atoms with van der Waals surface area (Å²) in [7, 11) is 0. The lowest BCUT2D eigenvalue weighted by molar-refractivity contribution is 0.0523. The first kappa shape index (κ1) is 25.5. The normalized spacial score (nSPS) is 24.2. The monoisotopic (exact) mass is 457 g/mol. The van der Waals surface area contributed by atoms with Crippen LogP contribution in [0.25, 0.3) is 0 Å². The van der Waals surface area contributed by atoms with Gasteiger partial charge in [-0.25, -0.2) is 4.79 Å². The lowest BCUT2D eigenvalue weighted by Crippen LogP contribution is -2.48. The van der Waals surface area contributed by atoms with E-state index in [1.165, 1.54) is 51.6 Å². The van der Waals surface area contributed by atoms with Gasteiger partial charge in [0, 0.05) is 31.2 Å². The fraction of sp³-hybridized carbons (Fsp3) is 0.704. The number of rotatable bonds is 7. The summed E-state index contributed by atoms with van der Waals surface area (Å²) in [6.45, 7) is 11.7. The average molecular weight is 458 g/mol. The Hall–Kier alpha value is -2.08. The molecule has 1 saturated heterocycles. The number of likely N-dealkylation sites (tertiary alicyclic amines) is 1. The molecule has 1 heterocycles. The van der Waals surface area contributed by atoms with Crippen LogP contribution in [-0.2, 0) is 11.3 Å². The minimum atomic E-state index is -0.519. The van der Waals surface area contributed by atoms with Crippen molar-refractivity contribution in [2.75, 3.05) is 19.6 Å². The van der Waals surface area contributed by atoms with Gasteiger partial charge in [-0.05, 0) is 82.5 Å². The summed E-state index contributed by atoms with van der Waals surface area (Å²) in [5, 5.41) is 6.10. The van der Waals surface area contributed by atoms with Crippen molar-refractivity contribution in [1.29, 1.82) is 0 Å². The van der Waals surface area contributed by atoms with Gasteiger partial charge in [0.2, 0.25) is 0 Å². The molecule has 2 N–H and O–H groups in total. The van der Waals surface area contributed by atoms with E-state index in [9.17, 15) is 9.59 Å². The van der Waals surface area contributed by atoms with Gasteiger partial charge in [0.15, 0.2) is 0 Å². The topological polar surface area (TPSA) is 70.7 Å². The van der Waals surface area contributed by atoms with Crippen LogP contribution in [-0.4, -0.2) is 48.2 Å². The molecule has 1 aromatic carbocycles. The number of hydrogen-bond acceptors (Lipinski definition) is 4. The van der Waals surface area contributed by atoms with E-state index in [0.29, 0.717) is 18.0 Å². The van der Waals surface area contributed by atoms with Crippen LogP contribution >= 0.6 is 0 Å². The molecule has 6 heteroatoms. The lowest BCUT2D eigenvalue weighted by atomic mass is 9.83. The maximum absolute atomic E-state index is 13.0. The number of amides is 2. The molecule has 6 nitrogen and oxygen atoms in total. The molecule has 3 rings (SSSR count). The number of hydrogen-bond donors (Lipinski definition) is 2. The molecular weight excluding hydrogens is 414 g/mol. The Labute approximate surface area is 199 Å². The van der Waals surface area contributed by atoms with Gasteiger partial charge in [-0.15, -0.1) is 0 Å². The molecule has 2 fully saturated rings. The molecule has 1 saturated carbocycles. The summed E-state index contributed by atoms with van der Waals surface area (Å²) in [4.78, 5) is 27.4. The number of benzene rings is 1. The second-order valence-electron chi connectivity index (χ2n) is 10.9. The van der Waals surface area contributed by atoms with Gasteiger partial charge in [-0.1, -0.05) is 38.3 Å². The van der Waals surface area contributed by atoms with Crippen LogP contribution in [0.15, 0.2) is 24.3 Å². The highest BCUT2D eigenvalue weighted by molar-refractivity contribution is 5.94. The molecule has 3 atom stereocenters. The largest absolute Gasteiger partial charge is 0.444 e. The summed E-state index contributed by atoms with van der Waals surface area (Å²) in [6, 6.07) is 7.72. The van der Waals surface area contributed by atoms with Crippen molar-refractivity contribution in [2.24, 2.45) is 11.8 Å². The van der Waals surface area contributed by atoms with Crippen LogP contribution in [0.4, 0.5) is 4.79 Å². The minimum absolute atomic E-state index is 0.00336. The number of nitrogens with one attached hydrogen (secondary N) is 2. The van der Waals surface area contributed by atoms with Crippen LogP contribution in [0.5, 0.6) is 0 Å². The van der Waals surface area contributed by atoms with Gasteiger partial charge in [-0.3, -0.25) is 4.79 Å². The summed E-state index contributed by atoms with van der Waals surface area (Å²) in [6.07, 6.45) is 8.22. The lowest BCUT2D eigenvalue weighted by Gasteiger charge is -2.39. The minimum Gasteiger partial charge on any atom is -0.444 e. The summed E-state index contributed by atoms with van der Waals surface area (Å²) >= 11 is 0. The molecule has 184 valence electrons. The first-order chi connectivity index (χ1) is 15.7. The van der Waals surface area contributed by atoms with Crippen LogP contribution in [0.2, 0.25) is 0 Å². The Kier molecular flexibility index (Phi) is 9.19. The van der Waals surface area contributed by atoms with E-state index in [4.69, 9.17) is 4.74 Å². The van der Waals surface area contributed by atoms with Crippen molar-refractivity contribution in [1.82, 2.24) is 15.5 Å². The van der Waals surface area contributed by atoms with E-state index in [-0.39, 0.29) is 11.9 Å². The molecule has 0 spiro atoms. The van der Waals surface area contributed by atoms with Crippen molar-refractivity contribution in [3.8, 4) is 0 Å². The molecule has 1 aliphatic carbocycles. The quantitative estimate of drug-likeness (QED) is 0.596. The molecule has 1 aromatic rings. The van der Waals surface area contributed by atoms with Crippen molar-refractivity contribution >= 4 is 12.0 Å². The fourth-order valence-electron chi connectivity index (χ4n) is 5.11. The van der Waals surface area contributed by atoms with E-state index in [1.54, 1.807) is 0 Å². The predicted molar refractivity (Wildman–Crippen MR) is 132 cm³/mol. The van der Waals surface area contributed by atoms with E-state index in [2.05, 4.69) is 22.5 Å². The Morgan fingerprint density at radius 2 is 1.79 bits per heavy atom. The summed E-state index contributed by atoms with van der Waals surface area (Å²) in [5.41, 5.74) is 1.09. The van der Waals surface area contributed by atoms with Gasteiger partial charge in [0.1, 0.15) is 5.60 Å². The zero-order valence-electron chi connectivity index (χ0n) is 21.0. The summed E-state index contributed by atoms with van der Waals surface area (Å²) < 4.78 is 5.26. The van der Waals surface area contributed by atoms with Crippen molar-refractivity contribution in [3.05, 3.63) is 35.4 Å². The molecular formula is C27H43N3O3. The number of carbonyl (C=O) groups excluding carboxylic acids is 2. The van der Waals surface area contributed by atoms with Crippen LogP contribution in [0.1, 0.15) is 88.6 Å². The van der Waals surface area contributed by atoms with Gasteiger partial charge >= 0.3 is 6.09 Å². The van der Waals surface area contributed by atoms with E-state index in [1.807, 2.05) is 45.0 Å². The van der Waals surface area contributed by atoms with Gasteiger partial charge in [-0.2, -0.15) is 0 Å². The third-order valence-electron chi connectivity index (χ3n) is 6.95. The number of carbonyl (C=O) groups is 2. The Morgan fingerprint density at radius 3 is 2.48 bits per heavy atom. The third kappa shape index (κ3) is 8.33. The Bertz CT molecular complexity index is 772. The first-order valence-electron chi connectivity index (χ1n) is 12.8. The van der Waals surface area contributed by atoms with Crippen LogP contribution < -0.4 is 10.6 Å². The van der Waals surface area contributed by atoms with Crippen LogP contribution in [0, 0.1) is 11.8 Å². The number of alkyl carbamates (subject to hydrolysis) is 1. The number of nitrogens with zero attached hydrogens (tertiary/aromatic N) is 1. The third-order valence-corrected chi connectivity index (χ3v) is 6.95. The highest BCUT2D eigenvalue weighted by Crippen LogP contribution is 2.28. The molecule has 33 heavy (non-hydrogen) atoms. The Balaban J connectivity index is 1.50. The molecule has 2 aliphatic rings. The highest BCUT2D eigenvalue weighted by atomic mass is 16.6. The van der Waals surface area contributed by atoms with Crippen molar-refractivity contribution in [3.63, 3.8) is 0 Å². The van der Waals surface area contributed by atoms with Crippen LogP contribution in [0.3, 0.4) is 0 Å². The fourth-order valence-corrected chi connectivity index (χ4v) is 5.11. The number of piperidine rings is 1. The highest BCUT2D eigenvalue weighted by Gasteiger charge is 2.30. The predicted octanol–water partition coefficient (Wildman–Crippen LogP) is 5.12. The summed E-state index contributed by atoms with van der Waals surface area (Å²) in [5.74, 6) is 1.37. The van der Waals surface area contributed by atoms with E-state index in [0.717, 1.165) is 24.4 Å². The molecule has 0 unspecified atom stereocenters. The first-order valence-corrected chi connectivity index (χ1v) is 12.8. The van der Waals surface area contributed by atoms with Crippen molar-refractivity contribution < 1.29 is 14.3 Å². The Morgan fingerprint density at radius 1 is 1.06 bits per heavy atom. The smallest absolute Gasteiger partial charge is 0.407 e. The second-order valence-corrected chi connectivity index (χ2v) is 10.9. The van der Waals surface area contributed by atoms with Gasteiger partial charge in [0.05, 0.1) is 0 Å². The maximum atomic E-state index is 13.0. The molecule has 1 aliphatic heterocycles. The van der Waals surface area contributed by atoms with E-state index < -0.39 is 11.7 Å². The number of ether oxygens (including phenoxy) is 1.